The molecule has 0 aliphatic carbocycles. The molecule has 1 amide bonds. The Morgan fingerprint density at radius 2 is 2.18 bits per heavy atom. The third kappa shape index (κ3) is 3.99. The number of aryl methyl sites for hydroxylation is 1. The lowest BCUT2D eigenvalue weighted by molar-refractivity contribution is -0.275. The van der Waals surface area contributed by atoms with Gasteiger partial charge >= 0.3 is 12.5 Å². The number of carbonyl (C=O) groups is 1. The number of hydrogen-bond donors (Lipinski definition) is 2. The number of nitrogens with zero attached hydrogens (tertiary/aromatic N) is 1. The molecule has 9 heteroatoms. The minimum atomic E-state index is -4.99. The predicted octanol–water partition coefficient (Wildman–Crippen LogP) is 3.03. The number of amides is 1. The molecule has 2 N–H and O–H groups in total. The summed E-state index contributed by atoms with van der Waals surface area (Å²) >= 11 is 5.45. The maximum Gasteiger partial charge on any atom is 0.574 e. The number of halogens is 4. The van der Waals surface area contributed by atoms with E-state index in [0.717, 1.165) is 0 Å². The van der Waals surface area contributed by atoms with Crippen LogP contribution in [0.3, 0.4) is 0 Å². The van der Waals surface area contributed by atoms with Gasteiger partial charge in [-0.2, -0.15) is 4.98 Å². The van der Waals surface area contributed by atoms with Crippen molar-refractivity contribution in [2.24, 2.45) is 0 Å². The van der Waals surface area contributed by atoms with Crippen LogP contribution >= 0.6 is 11.6 Å². The lowest BCUT2D eigenvalue weighted by Gasteiger charge is -2.13. The van der Waals surface area contributed by atoms with Gasteiger partial charge in [-0.3, -0.25) is 5.32 Å². The van der Waals surface area contributed by atoms with Gasteiger partial charge in [0.15, 0.2) is 0 Å². The SMILES string of the molecule is Cc1cc(Cl)nc(OC(F)(F)F)c1NC(=O)O. The van der Waals surface area contributed by atoms with Crippen molar-refractivity contribution in [2.45, 2.75) is 13.3 Å². The van der Waals surface area contributed by atoms with Gasteiger partial charge in [-0.1, -0.05) is 11.6 Å². The molecule has 0 atom stereocenters. The Labute approximate surface area is 98.2 Å². The molecule has 0 aliphatic heterocycles. The van der Waals surface area contributed by atoms with Crippen LogP contribution in [0.1, 0.15) is 5.56 Å². The quantitative estimate of drug-likeness (QED) is 0.810. The summed E-state index contributed by atoms with van der Waals surface area (Å²) < 4.78 is 39.7. The van der Waals surface area contributed by atoms with E-state index in [9.17, 15) is 18.0 Å². The molecule has 1 aromatic heterocycles. The Morgan fingerprint density at radius 3 is 2.65 bits per heavy atom. The van der Waals surface area contributed by atoms with Crippen LogP contribution in [0.15, 0.2) is 6.07 Å². The molecule has 0 saturated carbocycles. The Morgan fingerprint density at radius 1 is 1.59 bits per heavy atom. The fourth-order valence-corrected chi connectivity index (χ4v) is 1.29. The standard InChI is InChI=1S/C8H6ClF3N2O3/c1-3-2-4(9)13-6(17-8(10,11)12)5(3)14-7(15)16/h2,14H,1H3,(H,15,16). The first-order valence-corrected chi connectivity index (χ1v) is 4.49. The highest BCUT2D eigenvalue weighted by Gasteiger charge is 2.33. The first-order chi connectivity index (χ1) is 7.69. The Kier molecular flexibility index (Phi) is 3.66. The number of aromatic nitrogens is 1. The molecule has 0 aliphatic rings. The third-order valence-corrected chi connectivity index (χ3v) is 1.79. The fourth-order valence-electron chi connectivity index (χ4n) is 1.05. The zero-order valence-corrected chi connectivity index (χ0v) is 9.06. The summed E-state index contributed by atoms with van der Waals surface area (Å²) in [6, 6.07) is 1.20. The minimum Gasteiger partial charge on any atom is -0.465 e. The van der Waals surface area contributed by atoms with Gasteiger partial charge in [-0.15, -0.1) is 13.2 Å². The number of anilines is 1. The van der Waals surface area contributed by atoms with Crippen LogP contribution in [-0.2, 0) is 0 Å². The fraction of sp³-hybridized carbons (Fsp3) is 0.250. The summed E-state index contributed by atoms with van der Waals surface area (Å²) in [7, 11) is 0. The van der Waals surface area contributed by atoms with Gasteiger partial charge in [0.05, 0.1) is 0 Å². The number of hydrogen-bond acceptors (Lipinski definition) is 3. The molecule has 0 aromatic carbocycles. The van der Waals surface area contributed by atoms with Crippen LogP contribution < -0.4 is 10.1 Å². The average Bonchev–Trinajstić information content (AvgIpc) is 2.07. The van der Waals surface area contributed by atoms with Crippen molar-refractivity contribution in [3.05, 3.63) is 16.8 Å². The Bertz CT molecular complexity index is 450. The molecule has 5 nitrogen and oxygen atoms in total. The summed E-state index contributed by atoms with van der Waals surface area (Å²) in [6.45, 7) is 1.36. The van der Waals surface area contributed by atoms with E-state index < -0.39 is 24.0 Å². The lowest BCUT2D eigenvalue weighted by Crippen LogP contribution is -2.20. The topological polar surface area (TPSA) is 71.5 Å². The average molecular weight is 271 g/mol. The summed E-state index contributed by atoms with van der Waals surface area (Å²) in [4.78, 5) is 13.7. The van der Waals surface area contributed by atoms with Gasteiger partial charge in [0.25, 0.3) is 0 Å². The van der Waals surface area contributed by atoms with E-state index in [1.165, 1.54) is 13.0 Å². The van der Waals surface area contributed by atoms with E-state index in [4.69, 9.17) is 16.7 Å². The second-order valence-electron chi connectivity index (χ2n) is 2.92. The maximum absolute atomic E-state index is 12.0. The molecule has 0 saturated heterocycles. The molecular formula is C8H6ClF3N2O3. The van der Waals surface area contributed by atoms with Crippen molar-refractivity contribution in [3.63, 3.8) is 0 Å². The van der Waals surface area contributed by atoms with Crippen LogP contribution in [0.2, 0.25) is 5.15 Å². The van der Waals surface area contributed by atoms with Crippen molar-refractivity contribution in [2.75, 3.05) is 5.32 Å². The zero-order valence-electron chi connectivity index (χ0n) is 8.30. The van der Waals surface area contributed by atoms with Gasteiger partial charge in [0.2, 0.25) is 5.88 Å². The van der Waals surface area contributed by atoms with E-state index in [-0.39, 0.29) is 10.7 Å². The molecule has 1 rings (SSSR count). The van der Waals surface area contributed by atoms with Crippen molar-refractivity contribution in [3.8, 4) is 5.88 Å². The van der Waals surface area contributed by atoms with E-state index in [0.29, 0.717) is 0 Å². The minimum absolute atomic E-state index is 0.159. The zero-order chi connectivity index (χ0) is 13.2. The highest BCUT2D eigenvalue weighted by Crippen LogP contribution is 2.32. The second kappa shape index (κ2) is 4.66. The smallest absolute Gasteiger partial charge is 0.465 e. The summed E-state index contributed by atoms with van der Waals surface area (Å²) in [5.41, 5.74) is -0.245. The van der Waals surface area contributed by atoms with Crippen LogP contribution in [0.25, 0.3) is 0 Å². The molecule has 17 heavy (non-hydrogen) atoms. The molecule has 0 bridgehead atoms. The number of rotatable bonds is 2. The van der Waals surface area contributed by atoms with Crippen molar-refractivity contribution >= 4 is 23.4 Å². The van der Waals surface area contributed by atoms with Crippen LogP contribution in [0, 0.1) is 6.92 Å². The van der Waals surface area contributed by atoms with Crippen LogP contribution in [-0.4, -0.2) is 22.5 Å². The van der Waals surface area contributed by atoms with E-state index in [1.807, 2.05) is 0 Å². The van der Waals surface area contributed by atoms with Crippen LogP contribution in [0.5, 0.6) is 5.88 Å². The van der Waals surface area contributed by atoms with Gasteiger partial charge < -0.3 is 9.84 Å². The highest BCUT2D eigenvalue weighted by atomic mass is 35.5. The molecule has 1 aromatic rings. The monoisotopic (exact) mass is 270 g/mol. The number of alkyl halides is 3. The molecule has 1 heterocycles. The molecule has 0 spiro atoms. The van der Waals surface area contributed by atoms with Gasteiger partial charge in [-0.05, 0) is 18.6 Å². The Hall–Kier alpha value is -1.70. The predicted molar refractivity (Wildman–Crippen MR) is 52.3 cm³/mol. The number of pyridine rings is 1. The maximum atomic E-state index is 12.0. The molecular weight excluding hydrogens is 265 g/mol. The Balaban J connectivity index is 3.20. The van der Waals surface area contributed by atoms with Crippen molar-refractivity contribution in [1.82, 2.24) is 4.98 Å². The van der Waals surface area contributed by atoms with Gasteiger partial charge in [-0.25, -0.2) is 4.79 Å². The number of nitrogens with one attached hydrogen (secondary N) is 1. The van der Waals surface area contributed by atoms with Crippen molar-refractivity contribution in [1.29, 1.82) is 0 Å². The summed E-state index contributed by atoms with van der Waals surface area (Å²) in [6.07, 6.45) is -6.52. The van der Waals surface area contributed by atoms with Gasteiger partial charge in [0.1, 0.15) is 10.8 Å². The first kappa shape index (κ1) is 13.4. The normalized spacial score (nSPS) is 11.1. The number of ether oxygens (including phenoxy) is 1. The van der Waals surface area contributed by atoms with Crippen LogP contribution in [0.4, 0.5) is 23.7 Å². The lowest BCUT2D eigenvalue weighted by atomic mass is 10.2. The molecule has 0 fully saturated rings. The summed E-state index contributed by atoms with van der Waals surface area (Å²) in [5.74, 6) is -0.940. The molecule has 0 radical (unpaired) electrons. The number of carboxylic acid groups (broad SMARTS) is 1. The van der Waals surface area contributed by atoms with E-state index >= 15 is 0 Å². The third-order valence-electron chi connectivity index (χ3n) is 1.60. The highest BCUT2D eigenvalue weighted by molar-refractivity contribution is 6.29. The largest absolute Gasteiger partial charge is 0.574 e. The van der Waals surface area contributed by atoms with Gasteiger partial charge in [0, 0.05) is 0 Å². The van der Waals surface area contributed by atoms with E-state index in [1.54, 1.807) is 5.32 Å². The molecule has 0 unspecified atom stereocenters. The first-order valence-electron chi connectivity index (χ1n) is 4.12. The van der Waals surface area contributed by atoms with E-state index in [2.05, 4.69) is 9.72 Å². The second-order valence-corrected chi connectivity index (χ2v) is 3.31. The van der Waals surface area contributed by atoms with Crippen molar-refractivity contribution < 1.29 is 27.8 Å². The molecule has 94 valence electrons. The summed E-state index contributed by atoms with van der Waals surface area (Å²) in [5, 5.41) is 10.00.